The summed E-state index contributed by atoms with van der Waals surface area (Å²) in [5.74, 6) is 4.40. The Kier molecular flexibility index (Phi) is 8.06. The minimum atomic E-state index is -4.90. The molecule has 41 heavy (non-hydrogen) atoms. The van der Waals surface area contributed by atoms with Crippen molar-refractivity contribution in [3.8, 4) is 17.6 Å². The van der Waals surface area contributed by atoms with Crippen molar-refractivity contribution in [3.05, 3.63) is 87.3 Å². The molecule has 0 saturated carbocycles. The lowest BCUT2D eigenvalue weighted by molar-refractivity contribution is -0.274. The Morgan fingerprint density at radius 1 is 1.02 bits per heavy atom. The van der Waals surface area contributed by atoms with E-state index in [1.54, 1.807) is 45.0 Å². The van der Waals surface area contributed by atoms with Gasteiger partial charge in [0.05, 0.1) is 15.5 Å². The second kappa shape index (κ2) is 10.9. The van der Waals surface area contributed by atoms with Crippen LogP contribution in [-0.2, 0) is 15.4 Å². The number of hydrogen-bond acceptors (Lipinski definition) is 5. The Labute approximate surface area is 244 Å². The number of carbonyl (C=O) groups is 1. The maximum Gasteiger partial charge on any atom is 0.573 e. The molecule has 0 radical (unpaired) electrons. The second-order valence-electron chi connectivity index (χ2n) is 9.64. The largest absolute Gasteiger partial charge is 0.573 e. The minimum absolute atomic E-state index is 0.0121. The van der Waals surface area contributed by atoms with Gasteiger partial charge in [0.2, 0.25) is 0 Å². The Hall–Kier alpha value is -3.72. The van der Waals surface area contributed by atoms with Gasteiger partial charge < -0.3 is 10.5 Å². The van der Waals surface area contributed by atoms with Crippen LogP contribution in [0.4, 0.5) is 18.9 Å². The lowest BCUT2D eigenvalue weighted by Crippen LogP contribution is -2.27. The molecule has 0 aliphatic heterocycles. The molecule has 214 valence electrons. The average Bonchev–Trinajstić information content (AvgIpc) is 3.31. The summed E-state index contributed by atoms with van der Waals surface area (Å²) < 4.78 is 72.2. The van der Waals surface area contributed by atoms with E-state index in [4.69, 9.17) is 17.3 Å². The van der Waals surface area contributed by atoms with Crippen molar-refractivity contribution in [1.82, 2.24) is 0 Å². The number of hydrogen-bond donors (Lipinski definition) is 1. The molecule has 0 aliphatic carbocycles. The van der Waals surface area contributed by atoms with E-state index in [0.717, 1.165) is 15.6 Å². The van der Waals surface area contributed by atoms with E-state index in [9.17, 15) is 26.4 Å². The van der Waals surface area contributed by atoms with E-state index >= 15 is 0 Å². The summed E-state index contributed by atoms with van der Waals surface area (Å²) in [5.41, 5.74) is 5.96. The van der Waals surface area contributed by atoms with E-state index in [2.05, 4.69) is 16.6 Å². The maximum absolute atomic E-state index is 13.6. The molecule has 1 amide bonds. The predicted octanol–water partition coefficient (Wildman–Crippen LogP) is 7.07. The summed E-state index contributed by atoms with van der Waals surface area (Å²) in [6.07, 6.45) is -4.90. The molecule has 12 heteroatoms. The van der Waals surface area contributed by atoms with Gasteiger partial charge in [0.25, 0.3) is 15.9 Å². The fourth-order valence-corrected chi connectivity index (χ4v) is 6.59. The van der Waals surface area contributed by atoms with Crippen molar-refractivity contribution in [1.29, 1.82) is 0 Å². The molecule has 0 atom stereocenters. The zero-order chi connectivity index (χ0) is 30.3. The number of nitrogens with zero attached hydrogens (tertiary/aromatic N) is 1. The summed E-state index contributed by atoms with van der Waals surface area (Å²) in [6.45, 7) is 5.11. The monoisotopic (exact) mass is 620 g/mol. The van der Waals surface area contributed by atoms with E-state index in [0.29, 0.717) is 31.7 Å². The second-order valence-corrected chi connectivity index (χ2v) is 13.1. The molecule has 0 fully saturated rings. The summed E-state index contributed by atoms with van der Waals surface area (Å²) in [4.78, 5) is 11.8. The zero-order valence-corrected chi connectivity index (χ0v) is 24.6. The van der Waals surface area contributed by atoms with E-state index < -0.39 is 33.5 Å². The smallest absolute Gasteiger partial charge is 0.406 e. The number of fused-ring (bicyclic) bond motifs is 1. The lowest BCUT2D eigenvalue weighted by atomic mass is 9.77. The van der Waals surface area contributed by atoms with Gasteiger partial charge in [-0.25, -0.2) is 8.42 Å². The standard InChI is InChI=1S/C29H24ClF3N2O4S2/c1-5-6-17-9-19(15-23(10-17)39-29(31,32)33)28(2,3)20-13-21(30)16-22(14-20)35(4)41(37,38)24-7-8-25-18(11-24)12-26(40-25)27(34)36/h7-16H,1-4H3,(H2,34,36). The topological polar surface area (TPSA) is 89.7 Å². The van der Waals surface area contributed by atoms with Crippen molar-refractivity contribution >= 4 is 54.6 Å². The third kappa shape index (κ3) is 6.45. The molecule has 0 aliphatic rings. The first-order valence-corrected chi connectivity index (χ1v) is 14.6. The highest BCUT2D eigenvalue weighted by molar-refractivity contribution is 7.92. The molecule has 1 aromatic heterocycles. The molecular formula is C29H24ClF3N2O4S2. The van der Waals surface area contributed by atoms with Crippen LogP contribution in [-0.4, -0.2) is 27.7 Å². The molecule has 1 heterocycles. The number of alkyl halides is 3. The van der Waals surface area contributed by atoms with E-state index in [1.807, 2.05) is 0 Å². The highest BCUT2D eigenvalue weighted by Gasteiger charge is 2.33. The summed E-state index contributed by atoms with van der Waals surface area (Å²) in [6, 6.07) is 14.9. The fourth-order valence-electron chi connectivity index (χ4n) is 4.25. The number of anilines is 1. The molecule has 6 nitrogen and oxygen atoms in total. The van der Waals surface area contributed by atoms with Gasteiger partial charge in [-0.05, 0) is 84.1 Å². The van der Waals surface area contributed by atoms with E-state index in [1.165, 1.54) is 43.4 Å². The first-order chi connectivity index (χ1) is 19.0. The molecule has 3 aromatic carbocycles. The Bertz CT molecular complexity index is 1840. The van der Waals surface area contributed by atoms with Gasteiger partial charge in [0.1, 0.15) is 5.75 Å². The number of primary amides is 1. The van der Waals surface area contributed by atoms with Crippen molar-refractivity contribution in [2.75, 3.05) is 11.4 Å². The van der Waals surface area contributed by atoms with Crippen molar-refractivity contribution in [2.45, 2.75) is 37.4 Å². The lowest BCUT2D eigenvalue weighted by Gasteiger charge is -2.29. The van der Waals surface area contributed by atoms with Crippen molar-refractivity contribution in [3.63, 3.8) is 0 Å². The summed E-state index contributed by atoms with van der Waals surface area (Å²) in [5, 5.41) is 0.779. The van der Waals surface area contributed by atoms with Gasteiger partial charge in [-0.1, -0.05) is 31.4 Å². The number of sulfonamides is 1. The van der Waals surface area contributed by atoms with Crippen LogP contribution in [0.15, 0.2) is 65.6 Å². The third-order valence-corrected chi connectivity index (χ3v) is 9.62. The van der Waals surface area contributed by atoms with Crippen LogP contribution in [0.3, 0.4) is 0 Å². The Morgan fingerprint density at radius 3 is 2.34 bits per heavy atom. The number of carbonyl (C=O) groups excluding carboxylic acids is 1. The van der Waals surface area contributed by atoms with Gasteiger partial charge in [-0.15, -0.1) is 30.4 Å². The number of benzene rings is 3. The minimum Gasteiger partial charge on any atom is -0.406 e. The predicted molar refractivity (Wildman–Crippen MR) is 155 cm³/mol. The third-order valence-electron chi connectivity index (χ3n) is 6.49. The van der Waals surface area contributed by atoms with Gasteiger partial charge in [-0.3, -0.25) is 9.10 Å². The molecule has 0 bridgehead atoms. The summed E-state index contributed by atoms with van der Waals surface area (Å²) in [7, 11) is -2.71. The summed E-state index contributed by atoms with van der Waals surface area (Å²) >= 11 is 7.60. The van der Waals surface area contributed by atoms with Gasteiger partial charge >= 0.3 is 6.36 Å². The first-order valence-electron chi connectivity index (χ1n) is 12.0. The molecule has 2 N–H and O–H groups in total. The number of thiophene rings is 1. The molecule has 0 spiro atoms. The molecule has 4 rings (SSSR count). The van der Waals surface area contributed by atoms with Gasteiger partial charge in [-0.2, -0.15) is 0 Å². The van der Waals surface area contributed by atoms with E-state index in [-0.39, 0.29) is 15.6 Å². The van der Waals surface area contributed by atoms with Gasteiger partial charge in [0.15, 0.2) is 0 Å². The number of halogens is 4. The van der Waals surface area contributed by atoms with Crippen LogP contribution in [0.2, 0.25) is 5.02 Å². The number of rotatable bonds is 7. The average molecular weight is 621 g/mol. The van der Waals surface area contributed by atoms with Gasteiger partial charge in [0, 0.05) is 27.7 Å². The molecular weight excluding hydrogens is 597 g/mol. The molecule has 0 saturated heterocycles. The number of amides is 1. The van der Waals surface area contributed by atoms with Crippen molar-refractivity contribution in [2.24, 2.45) is 5.73 Å². The van der Waals surface area contributed by atoms with Crippen molar-refractivity contribution < 1.29 is 31.1 Å². The molecule has 0 unspecified atom stereocenters. The van der Waals surface area contributed by atoms with Crippen LogP contribution < -0.4 is 14.8 Å². The van der Waals surface area contributed by atoms with Crippen LogP contribution in [0.1, 0.15) is 47.1 Å². The highest BCUT2D eigenvalue weighted by Crippen LogP contribution is 2.39. The Balaban J connectivity index is 1.76. The molecule has 4 aromatic rings. The SMILES string of the molecule is CC#Cc1cc(OC(F)(F)F)cc(C(C)(C)c2cc(Cl)cc(N(C)S(=O)(=O)c3ccc4sc(C(N)=O)cc4c3)c2)c1. The Morgan fingerprint density at radius 2 is 1.71 bits per heavy atom. The fraction of sp³-hybridized carbons (Fsp3) is 0.207. The normalized spacial score (nSPS) is 12.1. The van der Waals surface area contributed by atoms with Crippen LogP contribution in [0.25, 0.3) is 10.1 Å². The van der Waals surface area contributed by atoms with Crippen LogP contribution in [0.5, 0.6) is 5.75 Å². The quantitative estimate of drug-likeness (QED) is 0.224. The number of ether oxygens (including phenoxy) is 1. The zero-order valence-electron chi connectivity index (χ0n) is 22.3. The highest BCUT2D eigenvalue weighted by atomic mass is 35.5. The van der Waals surface area contributed by atoms with Crippen LogP contribution in [0, 0.1) is 11.8 Å². The number of nitrogens with two attached hydrogens (primary N) is 1. The van der Waals surface area contributed by atoms with Crippen LogP contribution >= 0.6 is 22.9 Å². The maximum atomic E-state index is 13.6. The first kappa shape index (κ1) is 30.2.